The van der Waals surface area contributed by atoms with Crippen molar-refractivity contribution in [3.05, 3.63) is 12.2 Å². The van der Waals surface area contributed by atoms with E-state index in [0.29, 0.717) is 12.8 Å². The molecule has 1 rings (SSSR count). The number of esters is 2. The molecule has 13 heteroatoms. The highest BCUT2D eigenvalue weighted by Crippen LogP contribution is 2.24. The molecule has 1 aliphatic heterocycles. The largest absolute Gasteiger partial charge is 0.462 e. The van der Waals surface area contributed by atoms with Crippen LogP contribution in [0.2, 0.25) is 0 Å². The predicted octanol–water partition coefficient (Wildman–Crippen LogP) is 11.4. The average molecular weight is 919 g/mol. The summed E-state index contributed by atoms with van der Waals surface area (Å²) in [6, 6.07) is 0. The van der Waals surface area contributed by atoms with Gasteiger partial charge in [0.15, 0.2) is 12.4 Å². The van der Waals surface area contributed by atoms with Crippen molar-refractivity contribution in [1.29, 1.82) is 0 Å². The van der Waals surface area contributed by atoms with Crippen molar-refractivity contribution >= 4 is 22.1 Å². The number of aliphatic hydroxyl groups excluding tert-OH is 3. The molecule has 0 saturated carbocycles. The third-order valence-corrected chi connectivity index (χ3v) is 12.8. The van der Waals surface area contributed by atoms with Crippen molar-refractivity contribution < 1.29 is 56.8 Å². The van der Waals surface area contributed by atoms with Gasteiger partial charge in [-0.15, -0.1) is 0 Å². The molecule has 0 aromatic rings. The molecule has 0 amide bonds. The van der Waals surface area contributed by atoms with Gasteiger partial charge in [-0.05, 0) is 38.5 Å². The van der Waals surface area contributed by atoms with Gasteiger partial charge in [0.25, 0.3) is 10.1 Å². The Hall–Kier alpha value is -1.61. The normalized spacial score (nSPS) is 19.7. The van der Waals surface area contributed by atoms with Crippen molar-refractivity contribution in [2.75, 3.05) is 19.0 Å². The van der Waals surface area contributed by atoms with Crippen LogP contribution in [0, 0.1) is 0 Å². The van der Waals surface area contributed by atoms with Crippen LogP contribution in [0.15, 0.2) is 12.2 Å². The van der Waals surface area contributed by atoms with Crippen molar-refractivity contribution in [3.63, 3.8) is 0 Å². The smallest absolute Gasteiger partial charge is 0.306 e. The monoisotopic (exact) mass is 919 g/mol. The van der Waals surface area contributed by atoms with Gasteiger partial charge >= 0.3 is 11.9 Å². The van der Waals surface area contributed by atoms with E-state index in [9.17, 15) is 37.9 Å². The molecule has 1 fully saturated rings. The van der Waals surface area contributed by atoms with Crippen molar-refractivity contribution in [1.82, 2.24) is 0 Å². The Morgan fingerprint density at radius 1 is 0.524 bits per heavy atom. The van der Waals surface area contributed by atoms with E-state index >= 15 is 0 Å². The summed E-state index contributed by atoms with van der Waals surface area (Å²) >= 11 is 0. The average Bonchev–Trinajstić information content (AvgIpc) is 3.25. The summed E-state index contributed by atoms with van der Waals surface area (Å²) in [4.78, 5) is 25.5. The molecule has 0 radical (unpaired) electrons. The quantitative estimate of drug-likeness (QED) is 0.0196. The number of carbonyl (C=O) groups is 2. The minimum Gasteiger partial charge on any atom is -0.462 e. The highest BCUT2D eigenvalue weighted by atomic mass is 32.2. The molecule has 0 aromatic carbocycles. The Morgan fingerprint density at radius 3 is 1.32 bits per heavy atom. The lowest BCUT2D eigenvalue weighted by molar-refractivity contribution is -0.297. The first-order chi connectivity index (χ1) is 30.5. The van der Waals surface area contributed by atoms with Crippen molar-refractivity contribution in [3.8, 4) is 0 Å². The second kappa shape index (κ2) is 40.6. The molecule has 1 aliphatic rings. The Balaban J connectivity index is 2.33. The summed E-state index contributed by atoms with van der Waals surface area (Å²) in [6.45, 7) is 3.79. The summed E-state index contributed by atoms with van der Waals surface area (Å²) in [5.41, 5.74) is 0. The van der Waals surface area contributed by atoms with Crippen LogP contribution < -0.4 is 0 Å². The molecule has 0 aliphatic carbocycles. The van der Waals surface area contributed by atoms with Gasteiger partial charge < -0.3 is 34.3 Å². The van der Waals surface area contributed by atoms with Crippen molar-refractivity contribution in [2.45, 2.75) is 275 Å². The van der Waals surface area contributed by atoms with Gasteiger partial charge in [-0.2, -0.15) is 8.42 Å². The van der Waals surface area contributed by atoms with E-state index in [0.717, 1.165) is 38.5 Å². The molecule has 1 saturated heterocycles. The van der Waals surface area contributed by atoms with E-state index in [1.807, 2.05) is 0 Å². The van der Waals surface area contributed by atoms with Crippen LogP contribution in [-0.2, 0) is 38.7 Å². The van der Waals surface area contributed by atoms with Crippen LogP contribution in [0.5, 0.6) is 0 Å². The van der Waals surface area contributed by atoms with Gasteiger partial charge in [0.05, 0.1) is 6.61 Å². The number of aliphatic hydroxyl groups is 3. The van der Waals surface area contributed by atoms with Crippen LogP contribution in [-0.4, -0.2) is 96.0 Å². The lowest BCUT2D eigenvalue weighted by Gasteiger charge is -2.40. The number of rotatable bonds is 44. The molecule has 12 nitrogen and oxygen atoms in total. The number of hydrogen-bond acceptors (Lipinski definition) is 11. The molecule has 372 valence electrons. The molecule has 6 atom stereocenters. The maximum Gasteiger partial charge on any atom is 0.306 e. The second-order valence-electron chi connectivity index (χ2n) is 18.2. The highest BCUT2D eigenvalue weighted by molar-refractivity contribution is 7.85. The summed E-state index contributed by atoms with van der Waals surface area (Å²) in [5.74, 6) is -1.97. The fourth-order valence-electron chi connectivity index (χ4n) is 8.09. The summed E-state index contributed by atoms with van der Waals surface area (Å²) in [5, 5.41) is 30.9. The van der Waals surface area contributed by atoms with Crippen molar-refractivity contribution in [2.24, 2.45) is 0 Å². The zero-order valence-corrected chi connectivity index (χ0v) is 40.8. The SMILES string of the molecule is CCCCCCCCCC/C=C\CCCCCCCCCCCCCC(=O)OC(COC(=O)CCCCCCCCCCCCCC)COC1OC(CS(=O)(=O)O)C(O)C(O)C1O. The van der Waals surface area contributed by atoms with Crippen LogP contribution >= 0.6 is 0 Å². The fourth-order valence-corrected chi connectivity index (χ4v) is 8.78. The first-order valence-corrected chi connectivity index (χ1v) is 27.4. The van der Waals surface area contributed by atoms with Gasteiger partial charge in [0.1, 0.15) is 36.8 Å². The zero-order valence-electron chi connectivity index (χ0n) is 40.0. The number of allylic oxidation sites excluding steroid dienone is 2. The van der Waals surface area contributed by atoms with Crippen LogP contribution in [0.3, 0.4) is 0 Å². The van der Waals surface area contributed by atoms with Crippen LogP contribution in [0.1, 0.15) is 239 Å². The van der Waals surface area contributed by atoms with Gasteiger partial charge in [0, 0.05) is 12.8 Å². The Kier molecular flexibility index (Phi) is 38.3. The number of carbonyl (C=O) groups excluding carboxylic acids is 2. The summed E-state index contributed by atoms with van der Waals surface area (Å²) in [7, 11) is -4.60. The van der Waals surface area contributed by atoms with E-state index in [1.165, 1.54) is 161 Å². The van der Waals surface area contributed by atoms with E-state index in [2.05, 4.69) is 26.0 Å². The molecular weight excluding hydrogens is 825 g/mol. The molecule has 1 heterocycles. The number of ether oxygens (including phenoxy) is 4. The van der Waals surface area contributed by atoms with Crippen LogP contribution in [0.4, 0.5) is 0 Å². The van der Waals surface area contributed by atoms with E-state index in [1.54, 1.807) is 0 Å². The first-order valence-electron chi connectivity index (χ1n) is 25.7. The molecule has 4 N–H and O–H groups in total. The molecule has 0 spiro atoms. The van der Waals surface area contributed by atoms with E-state index < -0.39 is 71.2 Å². The fraction of sp³-hybridized carbons (Fsp3) is 0.920. The second-order valence-corrected chi connectivity index (χ2v) is 19.7. The molecule has 0 aromatic heterocycles. The Morgan fingerprint density at radius 2 is 0.905 bits per heavy atom. The van der Waals surface area contributed by atoms with E-state index in [-0.39, 0.29) is 19.4 Å². The zero-order chi connectivity index (χ0) is 46.2. The third-order valence-electron chi connectivity index (χ3n) is 12.1. The molecule has 63 heavy (non-hydrogen) atoms. The lowest BCUT2D eigenvalue weighted by Crippen LogP contribution is -2.60. The van der Waals surface area contributed by atoms with Gasteiger partial charge in [-0.25, -0.2) is 0 Å². The Labute approximate surface area is 384 Å². The lowest BCUT2D eigenvalue weighted by atomic mass is 10.00. The van der Waals surface area contributed by atoms with Crippen LogP contribution in [0.25, 0.3) is 0 Å². The minimum atomic E-state index is -4.60. The maximum absolute atomic E-state index is 12.9. The molecular formula is C50H94O12S. The summed E-state index contributed by atoms with van der Waals surface area (Å²) in [6.07, 6.45) is 35.5. The standard InChI is InChI=1S/C50H94O12S/c1-3-5-7-9-11-13-15-17-18-19-20-21-22-23-24-25-26-27-29-31-33-35-37-39-46(52)61-43(41-60-50-49(55)48(54)47(53)44(62-50)42-63(56,57)58)40-59-45(51)38-36-34-32-30-28-16-14-12-10-8-6-4-2/h19-20,43-44,47-50,53-55H,3-18,21-42H2,1-2H3,(H,56,57,58)/b20-19-. The highest BCUT2D eigenvalue weighted by Gasteiger charge is 2.46. The van der Waals surface area contributed by atoms with Gasteiger partial charge in [-0.1, -0.05) is 199 Å². The number of unbranched alkanes of at least 4 members (excludes halogenated alkanes) is 30. The minimum absolute atomic E-state index is 0.168. The third kappa shape index (κ3) is 35.3. The Bertz CT molecular complexity index is 1210. The van der Waals surface area contributed by atoms with Gasteiger partial charge in [-0.3, -0.25) is 14.1 Å². The summed E-state index contributed by atoms with van der Waals surface area (Å²) < 4.78 is 54.2. The van der Waals surface area contributed by atoms with E-state index in [4.69, 9.17) is 18.9 Å². The number of hydrogen-bond donors (Lipinski definition) is 4. The molecule has 6 unspecified atom stereocenters. The topological polar surface area (TPSA) is 186 Å². The first kappa shape index (κ1) is 59.4. The molecule has 0 bridgehead atoms. The van der Waals surface area contributed by atoms with Gasteiger partial charge in [0.2, 0.25) is 0 Å². The predicted molar refractivity (Wildman–Crippen MR) is 252 cm³/mol. The maximum atomic E-state index is 12.9.